The van der Waals surface area contributed by atoms with E-state index in [9.17, 15) is 9.90 Å². The van der Waals surface area contributed by atoms with Gasteiger partial charge in [-0.1, -0.05) is 20.8 Å². The number of hydrogen-bond acceptors (Lipinski definition) is 4. The molecule has 0 aliphatic carbocycles. The number of nitrogens with zero attached hydrogens (tertiary/aromatic N) is 1. The fourth-order valence-electron chi connectivity index (χ4n) is 1.25. The lowest BCUT2D eigenvalue weighted by Crippen LogP contribution is -2.35. The van der Waals surface area contributed by atoms with Gasteiger partial charge in [0.15, 0.2) is 0 Å². The van der Waals surface area contributed by atoms with Gasteiger partial charge in [0.2, 0.25) is 5.91 Å². The smallest absolute Gasteiger partial charge is 0.229 e. The molecule has 1 aromatic rings. The fourth-order valence-corrected chi connectivity index (χ4v) is 1.25. The van der Waals surface area contributed by atoms with Gasteiger partial charge in [-0.3, -0.25) is 4.79 Å². The zero-order valence-corrected chi connectivity index (χ0v) is 12.2. The summed E-state index contributed by atoms with van der Waals surface area (Å²) in [7, 11) is 0. The lowest BCUT2D eigenvalue weighted by atomic mass is 9.96. The van der Waals surface area contributed by atoms with Gasteiger partial charge in [-0.15, -0.1) is 0 Å². The average Bonchev–Trinajstić information content (AvgIpc) is 2.30. The SMILES string of the molecule is CC(C)(CO)Nc1ccc(NC(=O)C(C)(C)C)cn1. The molecular formula is C14H23N3O2. The minimum absolute atomic E-state index is 0.0111. The first-order chi connectivity index (χ1) is 8.64. The van der Waals surface area contributed by atoms with Crippen molar-refractivity contribution in [2.45, 2.75) is 40.2 Å². The van der Waals surface area contributed by atoms with Crippen molar-refractivity contribution in [3.05, 3.63) is 18.3 Å². The van der Waals surface area contributed by atoms with Crippen molar-refractivity contribution in [1.29, 1.82) is 0 Å². The van der Waals surface area contributed by atoms with Crippen molar-refractivity contribution in [2.75, 3.05) is 17.2 Å². The van der Waals surface area contributed by atoms with Crippen LogP contribution in [-0.2, 0) is 4.79 Å². The molecule has 19 heavy (non-hydrogen) atoms. The molecule has 0 aliphatic heterocycles. The quantitative estimate of drug-likeness (QED) is 0.780. The maximum atomic E-state index is 11.8. The summed E-state index contributed by atoms with van der Waals surface area (Å²) in [5, 5.41) is 15.1. The Morgan fingerprint density at radius 3 is 2.32 bits per heavy atom. The summed E-state index contributed by atoms with van der Waals surface area (Å²) in [6, 6.07) is 3.56. The number of nitrogens with one attached hydrogen (secondary N) is 2. The maximum Gasteiger partial charge on any atom is 0.229 e. The Hall–Kier alpha value is -1.62. The molecule has 5 heteroatoms. The first kappa shape index (κ1) is 15.4. The summed E-state index contributed by atoms with van der Waals surface area (Å²) in [5.74, 6) is 0.610. The number of aliphatic hydroxyl groups excluding tert-OH is 1. The molecular weight excluding hydrogens is 242 g/mol. The Labute approximate surface area is 114 Å². The summed E-state index contributed by atoms with van der Waals surface area (Å²) >= 11 is 0. The summed E-state index contributed by atoms with van der Waals surface area (Å²) in [5.41, 5.74) is -0.203. The summed E-state index contributed by atoms with van der Waals surface area (Å²) in [4.78, 5) is 16.0. The highest BCUT2D eigenvalue weighted by atomic mass is 16.3. The largest absolute Gasteiger partial charge is 0.394 e. The number of amides is 1. The molecule has 1 amide bonds. The third kappa shape index (κ3) is 4.87. The van der Waals surface area contributed by atoms with Gasteiger partial charge in [0, 0.05) is 5.41 Å². The van der Waals surface area contributed by atoms with Crippen LogP contribution >= 0.6 is 0 Å². The second-order valence-corrected chi connectivity index (χ2v) is 6.30. The van der Waals surface area contributed by atoms with E-state index < -0.39 is 11.0 Å². The Balaban J connectivity index is 2.70. The highest BCUT2D eigenvalue weighted by Gasteiger charge is 2.21. The highest BCUT2D eigenvalue weighted by Crippen LogP contribution is 2.18. The van der Waals surface area contributed by atoms with Crippen LogP contribution in [0.1, 0.15) is 34.6 Å². The van der Waals surface area contributed by atoms with Crippen LogP contribution in [0.5, 0.6) is 0 Å². The standard InChI is InChI=1S/C14H23N3O2/c1-13(2,3)12(19)16-10-6-7-11(15-8-10)17-14(4,5)9-18/h6-8,18H,9H2,1-5H3,(H,15,17)(H,16,19). The van der Waals surface area contributed by atoms with Crippen LogP contribution in [-0.4, -0.2) is 28.1 Å². The molecule has 0 bridgehead atoms. The van der Waals surface area contributed by atoms with Crippen molar-refractivity contribution < 1.29 is 9.90 Å². The van der Waals surface area contributed by atoms with Gasteiger partial charge in [-0.05, 0) is 26.0 Å². The monoisotopic (exact) mass is 265 g/mol. The minimum atomic E-state index is -0.435. The van der Waals surface area contributed by atoms with Gasteiger partial charge in [0.1, 0.15) is 5.82 Å². The van der Waals surface area contributed by atoms with Crippen molar-refractivity contribution in [2.24, 2.45) is 5.41 Å². The highest BCUT2D eigenvalue weighted by molar-refractivity contribution is 5.94. The van der Waals surface area contributed by atoms with Crippen molar-refractivity contribution in [3.8, 4) is 0 Å². The predicted molar refractivity (Wildman–Crippen MR) is 77.1 cm³/mol. The van der Waals surface area contributed by atoms with E-state index in [1.54, 1.807) is 18.3 Å². The zero-order valence-electron chi connectivity index (χ0n) is 12.2. The lowest BCUT2D eigenvalue weighted by Gasteiger charge is -2.24. The first-order valence-electron chi connectivity index (χ1n) is 6.31. The molecule has 0 saturated carbocycles. The zero-order chi connectivity index (χ0) is 14.7. The Kier molecular flexibility index (Phi) is 4.52. The van der Waals surface area contributed by atoms with Crippen LogP contribution in [0.2, 0.25) is 0 Å². The number of aliphatic hydroxyl groups is 1. The van der Waals surface area contributed by atoms with Gasteiger partial charge < -0.3 is 15.7 Å². The Bertz CT molecular complexity index is 433. The number of hydrogen-bond donors (Lipinski definition) is 3. The number of aromatic nitrogens is 1. The van der Waals surface area contributed by atoms with Crippen LogP contribution in [0.15, 0.2) is 18.3 Å². The summed E-state index contributed by atoms with van der Waals surface area (Å²) < 4.78 is 0. The van der Waals surface area contributed by atoms with Crippen LogP contribution in [0, 0.1) is 5.41 Å². The van der Waals surface area contributed by atoms with Crippen LogP contribution < -0.4 is 10.6 Å². The molecule has 1 aromatic heterocycles. The number of carbonyl (C=O) groups is 1. The number of anilines is 2. The maximum absolute atomic E-state index is 11.8. The number of carbonyl (C=O) groups excluding carboxylic acids is 1. The summed E-state index contributed by atoms with van der Waals surface area (Å²) in [6.45, 7) is 9.34. The molecule has 0 radical (unpaired) electrons. The van der Waals surface area contributed by atoms with E-state index in [1.165, 1.54) is 0 Å². The molecule has 3 N–H and O–H groups in total. The number of pyridine rings is 1. The van der Waals surface area contributed by atoms with Crippen molar-refractivity contribution >= 4 is 17.4 Å². The fraction of sp³-hybridized carbons (Fsp3) is 0.571. The third-order valence-corrected chi connectivity index (χ3v) is 2.56. The number of rotatable bonds is 4. The molecule has 0 fully saturated rings. The summed E-state index contributed by atoms with van der Waals surface area (Å²) in [6.07, 6.45) is 1.60. The van der Waals surface area contributed by atoms with Gasteiger partial charge in [0.25, 0.3) is 0 Å². The molecule has 0 unspecified atom stereocenters. The minimum Gasteiger partial charge on any atom is -0.394 e. The van der Waals surface area contributed by atoms with E-state index >= 15 is 0 Å². The second kappa shape index (κ2) is 5.57. The van der Waals surface area contributed by atoms with E-state index in [4.69, 9.17) is 0 Å². The predicted octanol–water partition coefficient (Wildman–Crippen LogP) is 2.25. The van der Waals surface area contributed by atoms with Gasteiger partial charge in [-0.25, -0.2) is 4.98 Å². The molecule has 1 heterocycles. The van der Waals surface area contributed by atoms with Crippen molar-refractivity contribution in [1.82, 2.24) is 4.98 Å². The molecule has 0 atom stereocenters. The van der Waals surface area contributed by atoms with E-state index in [0.717, 1.165) is 0 Å². The molecule has 0 aliphatic rings. The van der Waals surface area contributed by atoms with Crippen LogP contribution in [0.25, 0.3) is 0 Å². The van der Waals surface area contributed by atoms with E-state index in [0.29, 0.717) is 11.5 Å². The first-order valence-corrected chi connectivity index (χ1v) is 6.31. The van der Waals surface area contributed by atoms with E-state index in [2.05, 4.69) is 15.6 Å². The Morgan fingerprint density at radius 2 is 1.89 bits per heavy atom. The van der Waals surface area contributed by atoms with E-state index in [-0.39, 0.29) is 12.5 Å². The van der Waals surface area contributed by atoms with Crippen LogP contribution in [0.4, 0.5) is 11.5 Å². The molecule has 0 aromatic carbocycles. The molecule has 1 rings (SSSR count). The van der Waals surface area contributed by atoms with E-state index in [1.807, 2.05) is 34.6 Å². The molecule has 0 saturated heterocycles. The van der Waals surface area contributed by atoms with Gasteiger partial charge in [-0.2, -0.15) is 0 Å². The Morgan fingerprint density at radius 1 is 1.26 bits per heavy atom. The van der Waals surface area contributed by atoms with Crippen molar-refractivity contribution in [3.63, 3.8) is 0 Å². The topological polar surface area (TPSA) is 74.2 Å². The third-order valence-electron chi connectivity index (χ3n) is 2.56. The molecule has 5 nitrogen and oxygen atoms in total. The normalized spacial score (nSPS) is 12.1. The van der Waals surface area contributed by atoms with Gasteiger partial charge in [0.05, 0.1) is 24.0 Å². The lowest BCUT2D eigenvalue weighted by molar-refractivity contribution is -0.123. The molecule has 106 valence electrons. The average molecular weight is 265 g/mol. The second-order valence-electron chi connectivity index (χ2n) is 6.30. The molecule has 0 spiro atoms. The van der Waals surface area contributed by atoms with Crippen LogP contribution in [0.3, 0.4) is 0 Å². The van der Waals surface area contributed by atoms with Gasteiger partial charge >= 0.3 is 0 Å².